The Labute approximate surface area is 248 Å². The number of rotatable bonds is 5. The second-order valence-corrected chi connectivity index (χ2v) is 13.1. The van der Waals surface area contributed by atoms with E-state index in [2.05, 4.69) is 19.8 Å². The Balaban J connectivity index is 1.26. The van der Waals surface area contributed by atoms with Gasteiger partial charge >= 0.3 is 6.01 Å². The van der Waals surface area contributed by atoms with Crippen molar-refractivity contribution in [3.05, 3.63) is 47.9 Å². The summed E-state index contributed by atoms with van der Waals surface area (Å²) in [5.41, 5.74) is 0.826. The maximum Gasteiger partial charge on any atom is 0.319 e. The van der Waals surface area contributed by atoms with Gasteiger partial charge in [-0.2, -0.15) is 9.97 Å². The highest BCUT2D eigenvalue weighted by Gasteiger charge is 2.49. The third kappa shape index (κ3) is 4.32. The molecule has 2 N–H and O–H groups in total. The molecule has 8 nitrogen and oxygen atoms in total. The number of piperidine rings is 1. The summed E-state index contributed by atoms with van der Waals surface area (Å²) in [5.74, 6) is 0.433. The number of fused-ring (bicyclic) bond motifs is 5. The summed E-state index contributed by atoms with van der Waals surface area (Å²) < 4.78 is 37.4. The molecule has 3 aliphatic heterocycles. The average Bonchev–Trinajstić information content (AvgIpc) is 3.61. The van der Waals surface area contributed by atoms with Crippen molar-refractivity contribution in [2.75, 3.05) is 37.7 Å². The zero-order valence-corrected chi connectivity index (χ0v) is 24.1. The Bertz CT molecular complexity index is 1750. The number of alkyl halides is 1. The summed E-state index contributed by atoms with van der Waals surface area (Å²) >= 11 is 0. The Morgan fingerprint density at radius 1 is 1.12 bits per heavy atom. The molecule has 4 aromatic rings. The molecule has 1 aliphatic carbocycles. The summed E-state index contributed by atoms with van der Waals surface area (Å²) in [7, 11) is 0. The van der Waals surface area contributed by atoms with Gasteiger partial charge in [-0.1, -0.05) is 24.3 Å². The molecule has 10 heteroatoms. The van der Waals surface area contributed by atoms with Crippen LogP contribution in [0.25, 0.3) is 32.9 Å². The largest absolute Gasteiger partial charge is 0.508 e. The van der Waals surface area contributed by atoms with Gasteiger partial charge in [-0.05, 0) is 61.9 Å². The van der Waals surface area contributed by atoms with E-state index in [9.17, 15) is 14.6 Å². The van der Waals surface area contributed by atoms with Crippen LogP contribution in [0.4, 0.5) is 14.6 Å². The molecule has 5 atom stereocenters. The zero-order valence-electron chi connectivity index (χ0n) is 24.1. The van der Waals surface area contributed by atoms with Crippen LogP contribution in [0, 0.1) is 24.6 Å². The first-order valence-corrected chi connectivity index (χ1v) is 15.3. The van der Waals surface area contributed by atoms with Gasteiger partial charge < -0.3 is 19.8 Å². The third-order valence-electron chi connectivity index (χ3n) is 10.4. The fraction of sp³-hybridized carbons (Fsp3) is 0.485. The van der Waals surface area contributed by atoms with Crippen molar-refractivity contribution in [1.82, 2.24) is 19.9 Å². The Morgan fingerprint density at radius 2 is 1.98 bits per heavy atom. The molecule has 0 radical (unpaired) electrons. The lowest BCUT2D eigenvalue weighted by atomic mass is 9.95. The number of phenols is 1. The minimum absolute atomic E-state index is 0.0537. The molecule has 224 valence electrons. The van der Waals surface area contributed by atoms with E-state index in [-0.39, 0.29) is 41.6 Å². The van der Waals surface area contributed by atoms with Gasteiger partial charge in [0.15, 0.2) is 5.82 Å². The van der Waals surface area contributed by atoms with Crippen molar-refractivity contribution >= 4 is 27.5 Å². The van der Waals surface area contributed by atoms with Gasteiger partial charge in [0.2, 0.25) is 0 Å². The van der Waals surface area contributed by atoms with E-state index in [1.807, 2.05) is 24.3 Å². The summed E-state index contributed by atoms with van der Waals surface area (Å²) in [6, 6.07) is 9.25. The fourth-order valence-corrected chi connectivity index (χ4v) is 8.29. The first-order chi connectivity index (χ1) is 20.8. The lowest BCUT2D eigenvalue weighted by Crippen LogP contribution is -2.43. The second kappa shape index (κ2) is 9.95. The second-order valence-electron chi connectivity index (χ2n) is 13.1. The van der Waals surface area contributed by atoms with Crippen LogP contribution in [0.3, 0.4) is 0 Å². The summed E-state index contributed by atoms with van der Waals surface area (Å²) in [6.45, 7) is 4.53. The zero-order chi connectivity index (χ0) is 29.5. The van der Waals surface area contributed by atoms with Crippen molar-refractivity contribution in [1.29, 1.82) is 0 Å². The van der Waals surface area contributed by atoms with E-state index in [1.165, 1.54) is 0 Å². The van der Waals surface area contributed by atoms with Gasteiger partial charge in [-0.25, -0.2) is 8.78 Å². The number of hydrogen-bond acceptors (Lipinski definition) is 8. The SMILES string of the molecule is Cc1c(O)cc2ccccc2c1-c1ncc2c(N3C[C@@H]4C[C@H](C3)[C@H](O)C4)nc(OC[C@@]34CCCN3C[C@H](F)C4)nc2c1F. The van der Waals surface area contributed by atoms with E-state index in [4.69, 9.17) is 9.72 Å². The first-order valence-electron chi connectivity index (χ1n) is 15.3. The third-order valence-corrected chi connectivity index (χ3v) is 10.4. The minimum atomic E-state index is -0.890. The molecule has 43 heavy (non-hydrogen) atoms. The molecule has 5 heterocycles. The van der Waals surface area contributed by atoms with Crippen molar-refractivity contribution in [2.24, 2.45) is 11.8 Å². The Morgan fingerprint density at radius 3 is 2.84 bits per heavy atom. The highest BCUT2D eigenvalue weighted by molar-refractivity contribution is 6.01. The number of aliphatic hydroxyl groups excluding tert-OH is 1. The molecule has 2 aromatic heterocycles. The van der Waals surface area contributed by atoms with Crippen molar-refractivity contribution in [3.63, 3.8) is 0 Å². The van der Waals surface area contributed by atoms with Crippen LogP contribution in [-0.4, -0.2) is 80.7 Å². The fourth-order valence-electron chi connectivity index (χ4n) is 8.29. The van der Waals surface area contributed by atoms with Crippen LogP contribution in [0.2, 0.25) is 0 Å². The molecule has 4 fully saturated rings. The van der Waals surface area contributed by atoms with E-state index < -0.39 is 17.5 Å². The number of ether oxygens (including phenoxy) is 1. The predicted octanol–water partition coefficient (Wildman–Crippen LogP) is 5.16. The molecular weight excluding hydrogens is 552 g/mol. The van der Waals surface area contributed by atoms with Gasteiger partial charge in [0.05, 0.1) is 17.0 Å². The van der Waals surface area contributed by atoms with Crippen molar-refractivity contribution in [3.8, 4) is 23.0 Å². The average molecular weight is 588 g/mol. The number of benzene rings is 2. The topological polar surface area (TPSA) is 94.8 Å². The quantitative estimate of drug-likeness (QED) is 0.331. The van der Waals surface area contributed by atoms with Gasteiger partial charge in [0.1, 0.15) is 35.6 Å². The summed E-state index contributed by atoms with van der Waals surface area (Å²) in [6.07, 6.45) is 4.31. The maximum atomic E-state index is 16.7. The predicted molar refractivity (Wildman–Crippen MR) is 160 cm³/mol. The van der Waals surface area contributed by atoms with E-state index in [0.29, 0.717) is 54.3 Å². The monoisotopic (exact) mass is 587 g/mol. The van der Waals surface area contributed by atoms with Gasteiger partial charge in [0, 0.05) is 49.3 Å². The number of aliphatic hydroxyl groups is 1. The molecular formula is C33H35F2N5O3. The molecule has 4 aliphatic rings. The molecule has 3 saturated heterocycles. The van der Waals surface area contributed by atoms with Crippen LogP contribution in [0.1, 0.15) is 37.7 Å². The molecule has 0 amide bonds. The number of anilines is 1. The number of phenolic OH excluding ortho intramolecular Hbond substituents is 1. The Kier molecular flexibility index (Phi) is 6.24. The number of hydrogen-bond donors (Lipinski definition) is 2. The highest BCUT2D eigenvalue weighted by atomic mass is 19.1. The van der Waals surface area contributed by atoms with Crippen LogP contribution in [-0.2, 0) is 0 Å². The number of aromatic nitrogens is 3. The molecule has 8 rings (SSSR count). The van der Waals surface area contributed by atoms with E-state index in [1.54, 1.807) is 19.2 Å². The highest BCUT2D eigenvalue weighted by Crippen LogP contribution is 2.44. The normalized spacial score (nSPS) is 28.7. The molecule has 0 spiro atoms. The van der Waals surface area contributed by atoms with Gasteiger partial charge in [-0.3, -0.25) is 9.88 Å². The van der Waals surface area contributed by atoms with E-state index >= 15 is 4.39 Å². The molecule has 2 aromatic carbocycles. The maximum absolute atomic E-state index is 16.7. The first kappa shape index (κ1) is 27.0. The van der Waals surface area contributed by atoms with Crippen LogP contribution >= 0.6 is 0 Å². The smallest absolute Gasteiger partial charge is 0.319 e. The van der Waals surface area contributed by atoms with E-state index in [0.717, 1.165) is 43.0 Å². The lowest BCUT2D eigenvalue weighted by molar-refractivity contribution is 0.107. The summed E-state index contributed by atoms with van der Waals surface area (Å²) in [4.78, 5) is 18.3. The minimum Gasteiger partial charge on any atom is -0.508 e. The number of nitrogens with zero attached hydrogens (tertiary/aromatic N) is 5. The summed E-state index contributed by atoms with van der Waals surface area (Å²) in [5, 5.41) is 23.3. The standard InChI is InChI=1S/C33H35F2N5O3/c1-18-25(41)11-20-5-2-3-6-23(20)27(18)30-28(35)29-24(13-36-30)31(39-14-19-9-21(15-39)26(42)10-19)38-32(37-29)43-17-33-7-4-8-40(33)16-22(34)12-33/h2-3,5-6,11,13,19,21-22,26,41-42H,4,7-10,12,14-17H2,1H3/t19-,21-,22-,26-,33+/m1/s1. The number of pyridine rings is 1. The lowest BCUT2D eigenvalue weighted by Gasteiger charge is -2.34. The van der Waals surface area contributed by atoms with Crippen molar-refractivity contribution in [2.45, 2.75) is 56.8 Å². The van der Waals surface area contributed by atoms with Crippen LogP contribution in [0.15, 0.2) is 36.5 Å². The van der Waals surface area contributed by atoms with Gasteiger partial charge in [0.25, 0.3) is 0 Å². The molecule has 2 bridgehead atoms. The number of halogens is 2. The van der Waals surface area contributed by atoms with Gasteiger partial charge in [-0.15, -0.1) is 0 Å². The molecule has 1 saturated carbocycles. The number of aromatic hydroxyl groups is 1. The van der Waals surface area contributed by atoms with Crippen LogP contribution in [0.5, 0.6) is 11.8 Å². The van der Waals surface area contributed by atoms with Crippen molar-refractivity contribution < 1.29 is 23.7 Å². The van der Waals surface area contributed by atoms with Crippen LogP contribution < -0.4 is 9.64 Å². The Hall–Kier alpha value is -3.63. The molecule has 0 unspecified atom stereocenters.